The molecule has 0 saturated carbocycles. The Morgan fingerprint density at radius 1 is 1.05 bits per heavy atom. The van der Waals surface area contributed by atoms with Crippen molar-refractivity contribution in [2.24, 2.45) is 5.84 Å². The van der Waals surface area contributed by atoms with Crippen LogP contribution in [0.2, 0.25) is 15.1 Å². The van der Waals surface area contributed by atoms with E-state index in [-0.39, 0.29) is 6.04 Å². The molecule has 2 nitrogen and oxygen atoms in total. The minimum atomic E-state index is -0.120. The highest BCUT2D eigenvalue weighted by atomic mass is 79.9. The van der Waals surface area contributed by atoms with Crippen molar-refractivity contribution in [2.75, 3.05) is 0 Å². The topological polar surface area (TPSA) is 38.0 Å². The van der Waals surface area contributed by atoms with Crippen LogP contribution >= 0.6 is 50.7 Å². The molecule has 0 radical (unpaired) electrons. The van der Waals surface area contributed by atoms with Gasteiger partial charge in [-0.15, -0.1) is 0 Å². The first kappa shape index (κ1) is 16.1. The lowest BCUT2D eigenvalue weighted by Gasteiger charge is -2.18. The van der Waals surface area contributed by atoms with Crippen LogP contribution in [0.4, 0.5) is 0 Å². The Balaban J connectivity index is 2.28. The predicted octanol–water partition coefficient (Wildman–Crippen LogP) is 5.16. The molecule has 0 bridgehead atoms. The van der Waals surface area contributed by atoms with E-state index in [0.29, 0.717) is 21.5 Å². The number of hydrogen-bond acceptors (Lipinski definition) is 2. The maximum absolute atomic E-state index is 6.23. The molecule has 1 unspecified atom stereocenters. The molecule has 0 aromatic heterocycles. The standard InChI is InChI=1S/C14H12BrCl3N2/c15-10-2-1-8(13(18)6-10)5-14(20-19)9-3-11(16)7-12(17)4-9/h1-4,6-7,14,20H,5,19H2. The molecule has 0 aliphatic heterocycles. The first-order valence-corrected chi connectivity index (χ1v) is 7.78. The molecule has 20 heavy (non-hydrogen) atoms. The van der Waals surface area contributed by atoms with Gasteiger partial charge in [-0.3, -0.25) is 11.3 Å². The van der Waals surface area contributed by atoms with Gasteiger partial charge in [0, 0.05) is 19.5 Å². The molecule has 0 spiro atoms. The average molecular weight is 395 g/mol. The Labute approximate surface area is 141 Å². The fourth-order valence-corrected chi connectivity index (χ4v) is 3.25. The largest absolute Gasteiger partial charge is 0.271 e. The molecular weight excluding hydrogens is 382 g/mol. The number of nitrogens with one attached hydrogen (secondary N) is 1. The second-order valence-corrected chi connectivity index (χ2v) is 6.56. The molecule has 0 saturated heterocycles. The number of halogens is 4. The maximum Gasteiger partial charge on any atom is 0.0501 e. The van der Waals surface area contributed by atoms with Crippen molar-refractivity contribution in [3.63, 3.8) is 0 Å². The predicted molar refractivity (Wildman–Crippen MR) is 89.4 cm³/mol. The monoisotopic (exact) mass is 392 g/mol. The lowest BCUT2D eigenvalue weighted by molar-refractivity contribution is 0.552. The highest BCUT2D eigenvalue weighted by Gasteiger charge is 2.14. The van der Waals surface area contributed by atoms with E-state index in [9.17, 15) is 0 Å². The highest BCUT2D eigenvalue weighted by Crippen LogP contribution is 2.28. The minimum Gasteiger partial charge on any atom is -0.271 e. The van der Waals surface area contributed by atoms with E-state index < -0.39 is 0 Å². The van der Waals surface area contributed by atoms with Gasteiger partial charge in [-0.1, -0.05) is 56.8 Å². The van der Waals surface area contributed by atoms with Gasteiger partial charge in [0.2, 0.25) is 0 Å². The molecular formula is C14H12BrCl3N2. The summed E-state index contributed by atoms with van der Waals surface area (Å²) in [6.07, 6.45) is 0.638. The van der Waals surface area contributed by atoms with Gasteiger partial charge < -0.3 is 0 Å². The third kappa shape index (κ3) is 4.10. The summed E-state index contributed by atoms with van der Waals surface area (Å²) in [6, 6.07) is 11.0. The molecule has 2 aromatic rings. The third-order valence-electron chi connectivity index (χ3n) is 2.93. The molecule has 0 amide bonds. The van der Waals surface area contributed by atoms with Crippen LogP contribution in [0.5, 0.6) is 0 Å². The van der Waals surface area contributed by atoms with Crippen molar-refractivity contribution in [1.82, 2.24) is 5.43 Å². The molecule has 6 heteroatoms. The van der Waals surface area contributed by atoms with E-state index >= 15 is 0 Å². The number of hydrogen-bond donors (Lipinski definition) is 2. The molecule has 0 fully saturated rings. The molecule has 2 rings (SSSR count). The fraction of sp³-hybridized carbons (Fsp3) is 0.143. The normalized spacial score (nSPS) is 12.4. The summed E-state index contributed by atoms with van der Waals surface area (Å²) in [5.74, 6) is 5.64. The van der Waals surface area contributed by atoms with Gasteiger partial charge in [0.15, 0.2) is 0 Å². The maximum atomic E-state index is 6.23. The van der Waals surface area contributed by atoms with Crippen LogP contribution in [0.3, 0.4) is 0 Å². The first-order chi connectivity index (χ1) is 9.49. The molecule has 106 valence electrons. The SMILES string of the molecule is NNC(Cc1ccc(Br)cc1Cl)c1cc(Cl)cc(Cl)c1. The Morgan fingerprint density at radius 2 is 1.70 bits per heavy atom. The van der Waals surface area contributed by atoms with E-state index in [1.54, 1.807) is 6.07 Å². The summed E-state index contributed by atoms with van der Waals surface area (Å²) >= 11 is 21.7. The zero-order chi connectivity index (χ0) is 14.7. The van der Waals surface area contributed by atoms with Crippen LogP contribution < -0.4 is 11.3 Å². The Morgan fingerprint density at radius 3 is 2.25 bits per heavy atom. The average Bonchev–Trinajstić information content (AvgIpc) is 2.36. The van der Waals surface area contributed by atoms with E-state index in [0.717, 1.165) is 15.6 Å². The van der Waals surface area contributed by atoms with Crippen molar-refractivity contribution >= 4 is 50.7 Å². The van der Waals surface area contributed by atoms with Gasteiger partial charge in [-0.2, -0.15) is 0 Å². The lowest BCUT2D eigenvalue weighted by Crippen LogP contribution is -2.29. The van der Waals surface area contributed by atoms with Gasteiger partial charge in [0.05, 0.1) is 6.04 Å². The molecule has 0 aliphatic rings. The van der Waals surface area contributed by atoms with Crippen LogP contribution in [0, 0.1) is 0 Å². The zero-order valence-electron chi connectivity index (χ0n) is 10.3. The van der Waals surface area contributed by atoms with Crippen molar-refractivity contribution < 1.29 is 0 Å². The van der Waals surface area contributed by atoms with Crippen LogP contribution in [-0.2, 0) is 6.42 Å². The summed E-state index contributed by atoms with van der Waals surface area (Å²) < 4.78 is 0.939. The molecule has 0 heterocycles. The number of nitrogens with two attached hydrogens (primary N) is 1. The molecule has 0 aliphatic carbocycles. The smallest absolute Gasteiger partial charge is 0.0501 e. The summed E-state index contributed by atoms with van der Waals surface area (Å²) in [5, 5.41) is 1.84. The quantitative estimate of drug-likeness (QED) is 0.555. The van der Waals surface area contributed by atoms with Crippen molar-refractivity contribution in [3.8, 4) is 0 Å². The van der Waals surface area contributed by atoms with Gasteiger partial charge in [-0.25, -0.2) is 0 Å². The van der Waals surface area contributed by atoms with E-state index in [4.69, 9.17) is 40.6 Å². The molecule has 2 aromatic carbocycles. The summed E-state index contributed by atoms with van der Waals surface area (Å²) in [6.45, 7) is 0. The Bertz CT molecular complexity index is 599. The molecule has 3 N–H and O–H groups in total. The van der Waals surface area contributed by atoms with Gasteiger partial charge in [-0.05, 0) is 47.9 Å². The van der Waals surface area contributed by atoms with Crippen molar-refractivity contribution in [3.05, 3.63) is 67.1 Å². The van der Waals surface area contributed by atoms with E-state index in [1.807, 2.05) is 30.3 Å². The van der Waals surface area contributed by atoms with Crippen LogP contribution in [0.1, 0.15) is 17.2 Å². The zero-order valence-corrected chi connectivity index (χ0v) is 14.2. The highest BCUT2D eigenvalue weighted by molar-refractivity contribution is 9.10. The van der Waals surface area contributed by atoms with E-state index in [2.05, 4.69) is 21.4 Å². The summed E-state index contributed by atoms with van der Waals surface area (Å²) in [5.41, 5.74) is 4.69. The fourth-order valence-electron chi connectivity index (χ4n) is 1.96. The number of rotatable bonds is 4. The summed E-state index contributed by atoms with van der Waals surface area (Å²) in [7, 11) is 0. The third-order valence-corrected chi connectivity index (χ3v) is 4.21. The van der Waals surface area contributed by atoms with Crippen LogP contribution in [-0.4, -0.2) is 0 Å². The van der Waals surface area contributed by atoms with Crippen molar-refractivity contribution in [1.29, 1.82) is 0 Å². The van der Waals surface area contributed by atoms with Crippen LogP contribution in [0.15, 0.2) is 40.9 Å². The Hall–Kier alpha value is -0.290. The number of hydrazine groups is 1. The van der Waals surface area contributed by atoms with Gasteiger partial charge in [0.25, 0.3) is 0 Å². The molecule has 1 atom stereocenters. The second kappa shape index (κ2) is 7.12. The van der Waals surface area contributed by atoms with Crippen LogP contribution in [0.25, 0.3) is 0 Å². The summed E-state index contributed by atoms with van der Waals surface area (Å²) in [4.78, 5) is 0. The van der Waals surface area contributed by atoms with E-state index in [1.165, 1.54) is 0 Å². The van der Waals surface area contributed by atoms with Crippen molar-refractivity contribution in [2.45, 2.75) is 12.5 Å². The van der Waals surface area contributed by atoms with Gasteiger partial charge in [0.1, 0.15) is 0 Å². The number of benzene rings is 2. The Kier molecular flexibility index (Phi) is 5.73. The second-order valence-electron chi connectivity index (χ2n) is 4.36. The lowest BCUT2D eigenvalue weighted by atomic mass is 9.99. The van der Waals surface area contributed by atoms with Gasteiger partial charge >= 0.3 is 0 Å². The first-order valence-electron chi connectivity index (χ1n) is 5.85. The minimum absolute atomic E-state index is 0.120.